The van der Waals surface area contributed by atoms with Gasteiger partial charge in [0.2, 0.25) is 11.2 Å². The molecule has 0 bridgehead atoms. The maximum atomic E-state index is 2.33. The summed E-state index contributed by atoms with van der Waals surface area (Å²) in [6.45, 7) is 4.45. The molecule has 3 aromatic rings. The molecule has 1 aliphatic heterocycles. The zero-order valence-electron chi connectivity index (χ0n) is 15.3. The van der Waals surface area contributed by atoms with Crippen molar-refractivity contribution in [3.63, 3.8) is 0 Å². The maximum absolute atomic E-state index is 2.33. The fraction of sp³-hybridized carbons (Fsp3) is 0.227. The first-order chi connectivity index (χ1) is 12.1. The molecule has 2 heterocycles. The summed E-state index contributed by atoms with van der Waals surface area (Å²) >= 11 is 0. The van der Waals surface area contributed by atoms with Gasteiger partial charge < -0.3 is 9.80 Å². The van der Waals surface area contributed by atoms with E-state index in [-0.39, 0.29) is 0 Å². The highest BCUT2D eigenvalue weighted by atomic mass is 15.4. The molecule has 2 aromatic carbocycles. The highest BCUT2D eigenvalue weighted by Crippen LogP contribution is 2.33. The first kappa shape index (κ1) is 15.7. The van der Waals surface area contributed by atoms with E-state index in [0.29, 0.717) is 6.17 Å². The Morgan fingerprint density at radius 3 is 2.48 bits per heavy atom. The van der Waals surface area contributed by atoms with Gasteiger partial charge >= 0.3 is 0 Å². The first-order valence-electron chi connectivity index (χ1n) is 8.74. The molecule has 1 aliphatic rings. The van der Waals surface area contributed by atoms with E-state index in [2.05, 4.69) is 109 Å². The lowest BCUT2D eigenvalue weighted by molar-refractivity contribution is -0.633. The average Bonchev–Trinajstić information content (AvgIpc) is 2.95. The van der Waals surface area contributed by atoms with Gasteiger partial charge in [0.15, 0.2) is 0 Å². The minimum Gasteiger partial charge on any atom is -0.359 e. The molecule has 0 aliphatic carbocycles. The minimum atomic E-state index is 0.333. The Hall–Kier alpha value is -2.81. The summed E-state index contributed by atoms with van der Waals surface area (Å²) in [5.41, 5.74) is 6.33. The number of hydrogen-bond donors (Lipinski definition) is 0. The second-order valence-corrected chi connectivity index (χ2v) is 6.79. The fourth-order valence-corrected chi connectivity index (χ4v) is 3.70. The van der Waals surface area contributed by atoms with Crippen LogP contribution in [0, 0.1) is 6.92 Å². The van der Waals surface area contributed by atoms with Crippen molar-refractivity contribution in [2.45, 2.75) is 20.0 Å². The summed E-state index contributed by atoms with van der Waals surface area (Å²) in [6.07, 6.45) is 4.63. The van der Waals surface area contributed by atoms with Crippen LogP contribution < -0.4 is 9.47 Å². The molecule has 4 rings (SSSR count). The van der Waals surface area contributed by atoms with E-state index in [0.717, 1.165) is 0 Å². The number of para-hydroxylation sites is 1. The van der Waals surface area contributed by atoms with Crippen molar-refractivity contribution in [1.29, 1.82) is 0 Å². The summed E-state index contributed by atoms with van der Waals surface area (Å²) in [7, 11) is 4.26. The second-order valence-electron chi connectivity index (χ2n) is 6.79. The lowest BCUT2D eigenvalue weighted by Crippen LogP contribution is -2.34. The van der Waals surface area contributed by atoms with Gasteiger partial charge in [0.25, 0.3) is 0 Å². The number of nitrogens with zero attached hydrogens (tertiary/aromatic N) is 3. The molecule has 0 spiro atoms. The van der Waals surface area contributed by atoms with Crippen LogP contribution in [0.4, 0.5) is 5.69 Å². The number of fused-ring (bicyclic) bond motifs is 1. The molecule has 0 amide bonds. The number of benzene rings is 2. The molecule has 1 atom stereocenters. The van der Waals surface area contributed by atoms with E-state index in [9.17, 15) is 0 Å². The monoisotopic (exact) mass is 330 g/mol. The number of aryl methyl sites for hydroxylation is 1. The molecule has 0 radical (unpaired) electrons. The van der Waals surface area contributed by atoms with Crippen LogP contribution >= 0.6 is 0 Å². The summed E-state index contributed by atoms with van der Waals surface area (Å²) in [6, 6.07) is 19.6. The van der Waals surface area contributed by atoms with Crippen LogP contribution in [0.15, 0.2) is 67.0 Å². The quantitative estimate of drug-likeness (QED) is 0.652. The van der Waals surface area contributed by atoms with Crippen LogP contribution in [-0.4, -0.2) is 18.1 Å². The van der Waals surface area contributed by atoms with Crippen molar-refractivity contribution in [2.24, 2.45) is 7.05 Å². The van der Waals surface area contributed by atoms with E-state index in [1.54, 1.807) is 0 Å². The third-order valence-corrected chi connectivity index (χ3v) is 5.39. The highest BCUT2D eigenvalue weighted by molar-refractivity contribution is 5.79. The zero-order valence-corrected chi connectivity index (χ0v) is 15.3. The summed E-state index contributed by atoms with van der Waals surface area (Å²) in [4.78, 5) is 4.56. The van der Waals surface area contributed by atoms with Gasteiger partial charge in [-0.05, 0) is 43.7 Å². The van der Waals surface area contributed by atoms with E-state index in [1.807, 2.05) is 0 Å². The summed E-state index contributed by atoms with van der Waals surface area (Å²) < 4.78 is 2.29. The molecule has 3 heteroatoms. The van der Waals surface area contributed by atoms with Gasteiger partial charge in [-0.1, -0.05) is 18.2 Å². The van der Waals surface area contributed by atoms with Crippen molar-refractivity contribution in [1.82, 2.24) is 4.90 Å². The molecule has 0 N–H and O–H groups in total. The Morgan fingerprint density at radius 1 is 0.920 bits per heavy atom. The molecule has 0 unspecified atom stereocenters. The van der Waals surface area contributed by atoms with E-state index < -0.39 is 0 Å². The highest BCUT2D eigenvalue weighted by Gasteiger charge is 2.24. The Labute approximate surface area is 149 Å². The third kappa shape index (κ3) is 2.47. The smallest absolute Gasteiger partial charge is 0.213 e. The molecule has 25 heavy (non-hydrogen) atoms. The van der Waals surface area contributed by atoms with E-state index in [1.165, 1.54) is 33.4 Å². The van der Waals surface area contributed by atoms with Crippen molar-refractivity contribution >= 4 is 16.6 Å². The van der Waals surface area contributed by atoms with Crippen molar-refractivity contribution in [2.75, 3.05) is 11.9 Å². The zero-order chi connectivity index (χ0) is 17.6. The van der Waals surface area contributed by atoms with Crippen LogP contribution in [0.25, 0.3) is 22.2 Å². The molecule has 0 saturated carbocycles. The lowest BCUT2D eigenvalue weighted by atomic mass is 10.0. The van der Waals surface area contributed by atoms with Crippen LogP contribution in [0.1, 0.15) is 12.5 Å². The number of aromatic nitrogens is 1. The van der Waals surface area contributed by atoms with Crippen molar-refractivity contribution < 1.29 is 4.57 Å². The number of hydrogen-bond acceptors (Lipinski definition) is 2. The molecule has 1 aromatic heterocycles. The molecule has 126 valence electrons. The van der Waals surface area contributed by atoms with Gasteiger partial charge in [-0.2, -0.15) is 4.57 Å². The van der Waals surface area contributed by atoms with Gasteiger partial charge in [0.1, 0.15) is 13.2 Å². The SMILES string of the molecule is Cc1c(-c2ccc3ccccc3[n+]2C)cccc1N1C=CN(C)[C@@H]1C. The first-order valence-corrected chi connectivity index (χ1v) is 8.74. The fourth-order valence-electron chi connectivity index (χ4n) is 3.70. The number of pyridine rings is 1. The standard InChI is InChI=1S/C22H24N3/c1-16-19(9-7-11-20(16)25-15-14-23(3)17(25)2)22-13-12-18-8-5-6-10-21(18)24(22)4/h5-15,17H,1-4H3/q+1/t17-/m0/s1. The predicted octanol–water partition coefficient (Wildman–Crippen LogP) is 4.21. The van der Waals surface area contributed by atoms with E-state index >= 15 is 0 Å². The van der Waals surface area contributed by atoms with Gasteiger partial charge in [0.05, 0.1) is 5.56 Å². The summed E-state index contributed by atoms with van der Waals surface area (Å²) in [5, 5.41) is 1.26. The minimum absolute atomic E-state index is 0.333. The molecule has 3 nitrogen and oxygen atoms in total. The topological polar surface area (TPSA) is 10.4 Å². The van der Waals surface area contributed by atoms with Gasteiger partial charge in [-0.25, -0.2) is 0 Å². The van der Waals surface area contributed by atoms with Crippen LogP contribution in [0.5, 0.6) is 0 Å². The number of anilines is 1. The Morgan fingerprint density at radius 2 is 1.72 bits per heavy atom. The maximum Gasteiger partial charge on any atom is 0.213 e. The summed E-state index contributed by atoms with van der Waals surface area (Å²) in [5.74, 6) is 0. The van der Waals surface area contributed by atoms with Crippen LogP contribution in [0.2, 0.25) is 0 Å². The predicted molar refractivity (Wildman–Crippen MR) is 104 cm³/mol. The van der Waals surface area contributed by atoms with Gasteiger partial charge in [-0.3, -0.25) is 0 Å². The molecule has 0 saturated heterocycles. The lowest BCUT2D eigenvalue weighted by Gasteiger charge is -2.28. The third-order valence-electron chi connectivity index (χ3n) is 5.39. The van der Waals surface area contributed by atoms with Crippen LogP contribution in [0.3, 0.4) is 0 Å². The normalized spacial score (nSPS) is 16.9. The molecule has 0 fully saturated rings. The largest absolute Gasteiger partial charge is 0.359 e. The van der Waals surface area contributed by atoms with Crippen LogP contribution in [-0.2, 0) is 7.05 Å². The van der Waals surface area contributed by atoms with Gasteiger partial charge in [-0.15, -0.1) is 0 Å². The van der Waals surface area contributed by atoms with Crippen molar-refractivity contribution in [3.05, 3.63) is 72.6 Å². The second kappa shape index (κ2) is 5.92. The Balaban J connectivity index is 1.86. The Bertz CT molecular complexity index is 974. The van der Waals surface area contributed by atoms with Crippen molar-refractivity contribution in [3.8, 4) is 11.3 Å². The van der Waals surface area contributed by atoms with E-state index in [4.69, 9.17) is 0 Å². The molecular weight excluding hydrogens is 306 g/mol. The molecular formula is C22H24N3+. The number of rotatable bonds is 2. The average molecular weight is 330 g/mol. The Kier molecular flexibility index (Phi) is 3.72. The van der Waals surface area contributed by atoms with Gasteiger partial charge in [0, 0.05) is 42.7 Å².